The highest BCUT2D eigenvalue weighted by Gasteiger charge is 2.19. The quantitative estimate of drug-likeness (QED) is 0.377. The minimum Gasteiger partial charge on any atom is -0.462 e. The van der Waals surface area contributed by atoms with E-state index in [9.17, 15) is 14.0 Å². The molecule has 2 amide bonds. The molecule has 0 radical (unpaired) electrons. The summed E-state index contributed by atoms with van der Waals surface area (Å²) in [6.07, 6.45) is 4.46. The van der Waals surface area contributed by atoms with Crippen LogP contribution in [-0.4, -0.2) is 45.3 Å². The Morgan fingerprint density at radius 1 is 0.971 bits per heavy atom. The maximum atomic E-state index is 13.3. The summed E-state index contributed by atoms with van der Waals surface area (Å²) in [6.45, 7) is 4.17. The van der Waals surface area contributed by atoms with Crippen molar-refractivity contribution in [3.63, 3.8) is 0 Å². The van der Waals surface area contributed by atoms with Gasteiger partial charge in [0.25, 0.3) is 0 Å². The summed E-state index contributed by atoms with van der Waals surface area (Å²) in [5.74, 6) is -0.352. The molecule has 3 heterocycles. The van der Waals surface area contributed by atoms with E-state index in [2.05, 4.69) is 30.8 Å². The molecule has 0 spiro atoms. The van der Waals surface area contributed by atoms with Gasteiger partial charge in [-0.25, -0.2) is 19.0 Å². The number of carbonyl (C=O) groups is 2. The van der Waals surface area contributed by atoms with Crippen molar-refractivity contribution in [1.82, 2.24) is 25.5 Å². The summed E-state index contributed by atoms with van der Waals surface area (Å²) in [5.41, 5.74) is 2.31. The molecule has 3 aromatic heterocycles. The highest BCUT2D eigenvalue weighted by Crippen LogP contribution is 2.34. The fourth-order valence-electron chi connectivity index (χ4n) is 3.21. The van der Waals surface area contributed by atoms with Crippen molar-refractivity contribution in [3.05, 3.63) is 66.4 Å². The van der Waals surface area contributed by atoms with Crippen LogP contribution >= 0.6 is 0 Å². The van der Waals surface area contributed by atoms with E-state index in [0.717, 1.165) is 0 Å². The van der Waals surface area contributed by atoms with E-state index in [-0.39, 0.29) is 35.6 Å². The summed E-state index contributed by atoms with van der Waals surface area (Å²) < 4.78 is 24.2. The molecule has 11 heteroatoms. The van der Waals surface area contributed by atoms with Gasteiger partial charge in [-0.1, -0.05) is 0 Å². The number of pyridine rings is 2. The van der Waals surface area contributed by atoms with Crippen LogP contribution in [0.5, 0.6) is 0 Å². The molecule has 0 aliphatic carbocycles. The van der Waals surface area contributed by atoms with Gasteiger partial charge in [0, 0.05) is 41.8 Å². The molecule has 2 N–H and O–H groups in total. The van der Waals surface area contributed by atoms with E-state index < -0.39 is 12.0 Å². The van der Waals surface area contributed by atoms with E-state index in [1.165, 1.54) is 36.7 Å². The van der Waals surface area contributed by atoms with Crippen molar-refractivity contribution in [2.75, 3.05) is 18.5 Å². The third-order valence-corrected chi connectivity index (χ3v) is 4.79. The van der Waals surface area contributed by atoms with Gasteiger partial charge in [0.05, 0.1) is 17.7 Å². The molecule has 0 aliphatic heterocycles. The van der Waals surface area contributed by atoms with Crippen molar-refractivity contribution < 1.29 is 23.1 Å². The van der Waals surface area contributed by atoms with Gasteiger partial charge in [0.15, 0.2) is 0 Å². The zero-order valence-corrected chi connectivity index (χ0v) is 18.9. The Morgan fingerprint density at radius 3 is 2.49 bits per heavy atom. The van der Waals surface area contributed by atoms with E-state index in [0.29, 0.717) is 28.8 Å². The number of esters is 1. The van der Waals surface area contributed by atoms with Crippen LogP contribution in [-0.2, 0) is 4.74 Å². The van der Waals surface area contributed by atoms with Gasteiger partial charge in [-0.3, -0.25) is 10.3 Å². The van der Waals surface area contributed by atoms with Crippen molar-refractivity contribution >= 4 is 17.8 Å². The topological polar surface area (TPSA) is 132 Å². The Morgan fingerprint density at radius 2 is 1.74 bits per heavy atom. The second kappa shape index (κ2) is 10.5. The van der Waals surface area contributed by atoms with Crippen molar-refractivity contribution in [1.29, 1.82) is 0 Å². The smallest absolute Gasteiger partial charge is 0.339 e. The number of hydrogen-bond donors (Lipinski definition) is 2. The van der Waals surface area contributed by atoms with Crippen molar-refractivity contribution in [2.24, 2.45) is 0 Å². The van der Waals surface area contributed by atoms with Gasteiger partial charge in [-0.05, 0) is 50.2 Å². The Hall–Kier alpha value is -4.67. The van der Waals surface area contributed by atoms with E-state index in [1.807, 2.05) is 0 Å². The van der Waals surface area contributed by atoms with Gasteiger partial charge in [0.2, 0.25) is 11.8 Å². The predicted molar refractivity (Wildman–Crippen MR) is 125 cm³/mol. The first kappa shape index (κ1) is 23.5. The standard InChI is InChI=1S/C24H21FN6O4/c1-3-27-24(33)29-20-10-18(22-31-30-21(35-22)14-5-7-17(25)8-6-14)19(13-28-20)15-9-16(12-26-11-15)23(32)34-4-2/h5-13H,3-4H2,1-2H3,(H2,27,28,29,33). The summed E-state index contributed by atoms with van der Waals surface area (Å²) in [4.78, 5) is 32.7. The largest absolute Gasteiger partial charge is 0.462 e. The van der Waals surface area contributed by atoms with Crippen LogP contribution < -0.4 is 10.6 Å². The van der Waals surface area contributed by atoms with Gasteiger partial charge in [-0.15, -0.1) is 10.2 Å². The van der Waals surface area contributed by atoms with Crippen molar-refractivity contribution in [2.45, 2.75) is 13.8 Å². The van der Waals surface area contributed by atoms with E-state index in [1.54, 1.807) is 32.2 Å². The first-order chi connectivity index (χ1) is 17.0. The highest BCUT2D eigenvalue weighted by atomic mass is 19.1. The number of urea groups is 1. The second-order valence-electron chi connectivity index (χ2n) is 7.20. The zero-order valence-electron chi connectivity index (χ0n) is 18.9. The fraction of sp³-hybridized carbons (Fsp3) is 0.167. The van der Waals surface area contributed by atoms with Crippen LogP contribution in [0.1, 0.15) is 24.2 Å². The molecule has 4 aromatic rings. The molecule has 1 aromatic carbocycles. The lowest BCUT2D eigenvalue weighted by Crippen LogP contribution is -2.28. The number of ether oxygens (including phenoxy) is 1. The third-order valence-electron chi connectivity index (χ3n) is 4.79. The van der Waals surface area contributed by atoms with Crippen LogP contribution in [0.4, 0.5) is 15.0 Å². The highest BCUT2D eigenvalue weighted by molar-refractivity contribution is 5.93. The number of aromatic nitrogens is 4. The molecule has 0 aliphatic rings. The SMILES string of the molecule is CCNC(=O)Nc1cc(-c2nnc(-c3ccc(F)cc3)o2)c(-c2cncc(C(=O)OCC)c2)cn1. The average Bonchev–Trinajstić information content (AvgIpc) is 3.35. The number of nitrogens with zero attached hydrogens (tertiary/aromatic N) is 4. The Bertz CT molecular complexity index is 1360. The zero-order chi connectivity index (χ0) is 24.8. The minimum absolute atomic E-state index is 0.127. The lowest BCUT2D eigenvalue weighted by Gasteiger charge is -2.11. The van der Waals surface area contributed by atoms with Crippen molar-refractivity contribution in [3.8, 4) is 34.0 Å². The Kier molecular flexibility index (Phi) is 7.05. The normalized spacial score (nSPS) is 10.6. The summed E-state index contributed by atoms with van der Waals surface area (Å²) in [5, 5.41) is 13.5. The minimum atomic E-state index is -0.512. The lowest BCUT2D eigenvalue weighted by atomic mass is 10.0. The molecular weight excluding hydrogens is 455 g/mol. The first-order valence-corrected chi connectivity index (χ1v) is 10.8. The van der Waals surface area contributed by atoms with Crippen LogP contribution in [0, 0.1) is 5.82 Å². The van der Waals surface area contributed by atoms with Gasteiger partial charge in [-0.2, -0.15) is 0 Å². The molecule has 0 unspecified atom stereocenters. The number of hydrogen-bond acceptors (Lipinski definition) is 8. The number of nitrogens with one attached hydrogen (secondary N) is 2. The molecule has 178 valence electrons. The molecule has 10 nitrogen and oxygen atoms in total. The number of benzene rings is 1. The molecule has 0 saturated carbocycles. The maximum Gasteiger partial charge on any atom is 0.339 e. The second-order valence-corrected chi connectivity index (χ2v) is 7.20. The van der Waals surface area contributed by atoms with Crippen LogP contribution in [0.25, 0.3) is 34.0 Å². The van der Waals surface area contributed by atoms with Crippen LogP contribution in [0.3, 0.4) is 0 Å². The van der Waals surface area contributed by atoms with Gasteiger partial charge >= 0.3 is 12.0 Å². The van der Waals surface area contributed by atoms with E-state index >= 15 is 0 Å². The molecule has 4 rings (SSSR count). The van der Waals surface area contributed by atoms with E-state index in [4.69, 9.17) is 9.15 Å². The monoisotopic (exact) mass is 476 g/mol. The molecule has 0 saturated heterocycles. The lowest BCUT2D eigenvalue weighted by molar-refractivity contribution is 0.0526. The molecular formula is C24H21FN6O4. The molecule has 0 atom stereocenters. The van der Waals surface area contributed by atoms with Gasteiger partial charge < -0.3 is 14.5 Å². The third kappa shape index (κ3) is 5.46. The Labute approximate surface area is 199 Å². The first-order valence-electron chi connectivity index (χ1n) is 10.8. The number of rotatable bonds is 7. The van der Waals surface area contributed by atoms with Crippen LogP contribution in [0.2, 0.25) is 0 Å². The molecule has 35 heavy (non-hydrogen) atoms. The maximum absolute atomic E-state index is 13.3. The van der Waals surface area contributed by atoms with Gasteiger partial charge in [0.1, 0.15) is 11.6 Å². The Balaban J connectivity index is 1.78. The average molecular weight is 476 g/mol. The number of halogens is 1. The number of carbonyl (C=O) groups excluding carboxylic acids is 2. The summed E-state index contributed by atoms with van der Waals surface area (Å²) >= 11 is 0. The predicted octanol–water partition coefficient (Wildman–Crippen LogP) is 4.32. The number of amides is 2. The number of anilines is 1. The molecule has 0 fully saturated rings. The summed E-state index contributed by atoms with van der Waals surface area (Å²) in [6, 6.07) is 8.38. The molecule has 0 bridgehead atoms. The fourth-order valence-corrected chi connectivity index (χ4v) is 3.21. The summed E-state index contributed by atoms with van der Waals surface area (Å²) in [7, 11) is 0. The van der Waals surface area contributed by atoms with Crippen LogP contribution in [0.15, 0.2) is 59.4 Å².